The van der Waals surface area contributed by atoms with Gasteiger partial charge in [-0.25, -0.2) is 4.79 Å². The van der Waals surface area contributed by atoms with E-state index in [4.69, 9.17) is 9.84 Å². The van der Waals surface area contributed by atoms with E-state index < -0.39 is 24.1 Å². The van der Waals surface area contributed by atoms with E-state index in [1.165, 1.54) is 16.8 Å². The number of aliphatic carboxylic acids is 1. The van der Waals surface area contributed by atoms with Crippen molar-refractivity contribution in [2.45, 2.75) is 25.0 Å². The number of carboxylic acids is 1. The van der Waals surface area contributed by atoms with E-state index in [0.29, 0.717) is 23.0 Å². The van der Waals surface area contributed by atoms with Crippen LogP contribution in [0.3, 0.4) is 0 Å². The highest BCUT2D eigenvalue weighted by molar-refractivity contribution is 9.10. The van der Waals surface area contributed by atoms with Crippen LogP contribution in [-0.2, 0) is 21.4 Å². The quantitative estimate of drug-likeness (QED) is 0.841. The van der Waals surface area contributed by atoms with Gasteiger partial charge in [-0.3, -0.25) is 9.59 Å². The lowest BCUT2D eigenvalue weighted by atomic mass is 10.2. The summed E-state index contributed by atoms with van der Waals surface area (Å²) in [5.74, 6) is -1.48. The lowest BCUT2D eigenvalue weighted by Crippen LogP contribution is -2.30. The van der Waals surface area contributed by atoms with Gasteiger partial charge >= 0.3 is 5.97 Å². The van der Waals surface area contributed by atoms with E-state index in [2.05, 4.69) is 21.2 Å². The van der Waals surface area contributed by atoms with Crippen molar-refractivity contribution in [2.75, 3.05) is 5.32 Å². The second kappa shape index (κ2) is 5.76. The minimum Gasteiger partial charge on any atom is -0.479 e. The van der Waals surface area contributed by atoms with Crippen LogP contribution in [0.5, 0.6) is 0 Å². The number of rotatable bonds is 3. The summed E-state index contributed by atoms with van der Waals surface area (Å²) in [6.45, 7) is 0. The Morgan fingerprint density at radius 3 is 2.65 bits per heavy atom. The Bertz CT molecular complexity index is 586. The molecule has 0 spiro atoms. The molecular weight excluding hydrogens is 332 g/mol. The molecule has 0 unspecified atom stereocenters. The molecule has 8 heteroatoms. The number of nitrogens with zero attached hydrogens (tertiary/aromatic N) is 1. The SMILES string of the molecule is Cn1cc(NC(=O)[C@@H]2CC[C@H](C(=O)O)O2)cc(Br)c1=O. The van der Waals surface area contributed by atoms with Crippen molar-refractivity contribution >= 4 is 33.5 Å². The molecule has 1 aliphatic heterocycles. The molecule has 1 fully saturated rings. The first kappa shape index (κ1) is 14.7. The fourth-order valence-corrected chi connectivity index (χ4v) is 2.50. The molecule has 1 aromatic rings. The molecule has 20 heavy (non-hydrogen) atoms. The molecule has 2 atom stereocenters. The van der Waals surface area contributed by atoms with Gasteiger partial charge < -0.3 is 19.7 Å². The van der Waals surface area contributed by atoms with Crippen molar-refractivity contribution < 1.29 is 19.4 Å². The van der Waals surface area contributed by atoms with Crippen LogP contribution in [0, 0.1) is 0 Å². The van der Waals surface area contributed by atoms with Crippen LogP contribution < -0.4 is 10.9 Å². The van der Waals surface area contributed by atoms with Crippen LogP contribution in [0.15, 0.2) is 21.5 Å². The third-order valence-electron chi connectivity index (χ3n) is 2.99. The molecule has 1 aliphatic rings. The van der Waals surface area contributed by atoms with E-state index in [1.807, 2.05) is 0 Å². The van der Waals surface area contributed by atoms with Gasteiger partial charge in [-0.2, -0.15) is 0 Å². The first-order valence-electron chi connectivity index (χ1n) is 5.94. The molecule has 0 radical (unpaired) electrons. The molecule has 1 saturated heterocycles. The molecular formula is C12H13BrN2O5. The van der Waals surface area contributed by atoms with Gasteiger partial charge in [0.05, 0.1) is 10.2 Å². The number of amides is 1. The summed E-state index contributed by atoms with van der Waals surface area (Å²) in [4.78, 5) is 34.2. The summed E-state index contributed by atoms with van der Waals surface area (Å²) in [6.07, 6.45) is 0.430. The zero-order valence-corrected chi connectivity index (χ0v) is 12.2. The van der Waals surface area contributed by atoms with Crippen molar-refractivity contribution in [2.24, 2.45) is 7.05 Å². The number of hydrogen-bond donors (Lipinski definition) is 2. The maximum Gasteiger partial charge on any atom is 0.332 e. The van der Waals surface area contributed by atoms with Crippen LogP contribution in [-0.4, -0.2) is 33.8 Å². The molecule has 1 aromatic heterocycles. The van der Waals surface area contributed by atoms with Crippen LogP contribution >= 0.6 is 15.9 Å². The Balaban J connectivity index is 2.06. The Morgan fingerprint density at radius 2 is 2.10 bits per heavy atom. The van der Waals surface area contributed by atoms with E-state index in [0.717, 1.165) is 0 Å². The highest BCUT2D eigenvalue weighted by atomic mass is 79.9. The summed E-state index contributed by atoms with van der Waals surface area (Å²) in [5.41, 5.74) is 0.220. The van der Waals surface area contributed by atoms with Gasteiger partial charge in [-0.1, -0.05) is 0 Å². The number of carboxylic acid groups (broad SMARTS) is 1. The zero-order valence-electron chi connectivity index (χ0n) is 10.6. The summed E-state index contributed by atoms with van der Waals surface area (Å²) in [6, 6.07) is 1.49. The summed E-state index contributed by atoms with van der Waals surface area (Å²) < 4.78 is 6.81. The van der Waals surface area contributed by atoms with Crippen LogP contribution in [0.25, 0.3) is 0 Å². The van der Waals surface area contributed by atoms with Crippen LogP contribution in [0.2, 0.25) is 0 Å². The summed E-state index contributed by atoms with van der Waals surface area (Å²) >= 11 is 3.11. The molecule has 1 amide bonds. The van der Waals surface area contributed by atoms with Gasteiger partial charge in [-0.15, -0.1) is 0 Å². The summed E-state index contributed by atoms with van der Waals surface area (Å²) in [7, 11) is 1.56. The number of aryl methyl sites for hydroxylation is 1. The van der Waals surface area contributed by atoms with Gasteiger partial charge in [0.1, 0.15) is 6.10 Å². The second-order valence-corrected chi connectivity index (χ2v) is 5.37. The number of ether oxygens (including phenoxy) is 1. The van der Waals surface area contributed by atoms with Gasteiger partial charge in [0.15, 0.2) is 6.10 Å². The number of halogens is 1. The maximum absolute atomic E-state index is 12.0. The number of aromatic nitrogens is 1. The molecule has 2 N–H and O–H groups in total. The Labute approximate surface area is 122 Å². The third-order valence-corrected chi connectivity index (χ3v) is 3.56. The monoisotopic (exact) mass is 344 g/mol. The second-order valence-electron chi connectivity index (χ2n) is 4.51. The fraction of sp³-hybridized carbons (Fsp3) is 0.417. The fourth-order valence-electron chi connectivity index (χ4n) is 1.97. The molecule has 0 aliphatic carbocycles. The topological polar surface area (TPSA) is 97.6 Å². The minimum atomic E-state index is -1.06. The van der Waals surface area contributed by atoms with Crippen molar-refractivity contribution in [1.82, 2.24) is 4.57 Å². The number of hydrogen-bond acceptors (Lipinski definition) is 4. The predicted molar refractivity (Wildman–Crippen MR) is 73.5 cm³/mol. The van der Waals surface area contributed by atoms with E-state index in [1.54, 1.807) is 7.05 Å². The maximum atomic E-state index is 12.0. The van der Waals surface area contributed by atoms with Crippen molar-refractivity contribution in [3.63, 3.8) is 0 Å². The lowest BCUT2D eigenvalue weighted by molar-refractivity contribution is -0.150. The highest BCUT2D eigenvalue weighted by Crippen LogP contribution is 2.21. The molecule has 7 nitrogen and oxygen atoms in total. The van der Waals surface area contributed by atoms with Gasteiger partial charge in [0.25, 0.3) is 11.5 Å². The molecule has 2 heterocycles. The molecule has 0 saturated carbocycles. The van der Waals surface area contributed by atoms with E-state index >= 15 is 0 Å². The minimum absolute atomic E-state index is 0.217. The van der Waals surface area contributed by atoms with Crippen molar-refractivity contribution in [3.8, 4) is 0 Å². The largest absolute Gasteiger partial charge is 0.479 e. The third kappa shape index (κ3) is 3.07. The average Bonchev–Trinajstić information content (AvgIpc) is 2.85. The van der Waals surface area contributed by atoms with Crippen LogP contribution in [0.1, 0.15) is 12.8 Å². The highest BCUT2D eigenvalue weighted by Gasteiger charge is 2.34. The smallest absolute Gasteiger partial charge is 0.332 e. The Morgan fingerprint density at radius 1 is 1.45 bits per heavy atom. The number of pyridine rings is 1. The molecule has 108 valence electrons. The number of nitrogens with one attached hydrogen (secondary N) is 1. The first-order valence-corrected chi connectivity index (χ1v) is 6.73. The zero-order chi connectivity index (χ0) is 14.9. The number of carbonyl (C=O) groups excluding carboxylic acids is 1. The van der Waals surface area contributed by atoms with Crippen LogP contribution in [0.4, 0.5) is 5.69 Å². The molecule has 0 bridgehead atoms. The Kier molecular flexibility index (Phi) is 4.24. The molecule has 0 aromatic carbocycles. The van der Waals surface area contributed by atoms with Gasteiger partial charge in [0.2, 0.25) is 0 Å². The van der Waals surface area contributed by atoms with Crippen molar-refractivity contribution in [3.05, 3.63) is 27.1 Å². The first-order chi connectivity index (χ1) is 9.38. The lowest BCUT2D eigenvalue weighted by Gasteiger charge is -2.12. The standard InChI is InChI=1S/C12H13BrN2O5/c1-15-5-6(4-7(13)11(15)17)14-10(16)8-2-3-9(20-8)12(18)19/h4-5,8-9H,2-3H2,1H3,(H,14,16)(H,18,19)/t8-,9+/m0/s1. The Hall–Kier alpha value is -1.67. The number of anilines is 1. The predicted octanol–water partition coefficient (Wildman–Crippen LogP) is 0.718. The normalized spacial score (nSPS) is 21.7. The van der Waals surface area contributed by atoms with E-state index in [9.17, 15) is 14.4 Å². The van der Waals surface area contributed by atoms with Gasteiger partial charge in [0, 0.05) is 13.2 Å². The van der Waals surface area contributed by atoms with Crippen molar-refractivity contribution in [1.29, 1.82) is 0 Å². The average molecular weight is 345 g/mol. The number of carbonyl (C=O) groups is 2. The van der Waals surface area contributed by atoms with Gasteiger partial charge in [-0.05, 0) is 34.8 Å². The van der Waals surface area contributed by atoms with E-state index in [-0.39, 0.29) is 5.56 Å². The summed E-state index contributed by atoms with van der Waals surface area (Å²) in [5, 5.41) is 11.4. The molecule has 2 rings (SSSR count).